The molecule has 148 valence electrons. The van der Waals surface area contributed by atoms with E-state index in [2.05, 4.69) is 15.6 Å². The predicted molar refractivity (Wildman–Crippen MR) is 115 cm³/mol. The first-order valence-corrected chi connectivity index (χ1v) is 10.3. The molecule has 4 rings (SSSR count). The fraction of sp³-hybridized carbons (Fsp3) is 0.292. The average Bonchev–Trinajstić information content (AvgIpc) is 3.03. The first kappa shape index (κ1) is 19.1. The molecule has 2 aromatic carbocycles. The van der Waals surface area contributed by atoms with Gasteiger partial charge in [0.2, 0.25) is 0 Å². The number of pyridine rings is 1. The van der Waals surface area contributed by atoms with E-state index in [0.29, 0.717) is 16.8 Å². The number of anilines is 1. The van der Waals surface area contributed by atoms with E-state index in [9.17, 15) is 9.59 Å². The molecule has 0 spiro atoms. The van der Waals surface area contributed by atoms with E-state index in [4.69, 9.17) is 0 Å². The maximum absolute atomic E-state index is 12.7. The highest BCUT2D eigenvalue weighted by Gasteiger charge is 2.16. The number of hydrogen-bond acceptors (Lipinski definition) is 3. The molecule has 5 heteroatoms. The van der Waals surface area contributed by atoms with Crippen LogP contribution in [-0.2, 0) is 0 Å². The minimum absolute atomic E-state index is 0.0675. The third-order valence-electron chi connectivity index (χ3n) is 5.48. The second kappa shape index (κ2) is 8.86. The minimum atomic E-state index is -0.223. The Kier molecular flexibility index (Phi) is 5.84. The number of amides is 2. The van der Waals surface area contributed by atoms with Crippen LogP contribution in [0.15, 0.2) is 60.8 Å². The molecule has 0 radical (unpaired) electrons. The van der Waals surface area contributed by atoms with Crippen molar-refractivity contribution in [3.63, 3.8) is 0 Å². The van der Waals surface area contributed by atoms with Crippen molar-refractivity contribution in [3.8, 4) is 0 Å². The van der Waals surface area contributed by atoms with Crippen LogP contribution in [0.5, 0.6) is 0 Å². The maximum Gasteiger partial charge on any atom is 0.255 e. The quantitative estimate of drug-likeness (QED) is 0.623. The van der Waals surface area contributed by atoms with Gasteiger partial charge in [-0.15, -0.1) is 0 Å². The van der Waals surface area contributed by atoms with Crippen LogP contribution in [0.2, 0.25) is 0 Å². The lowest BCUT2D eigenvalue weighted by Crippen LogP contribution is -2.34. The van der Waals surface area contributed by atoms with Crippen molar-refractivity contribution >= 4 is 28.4 Å². The third-order valence-corrected chi connectivity index (χ3v) is 5.48. The summed E-state index contributed by atoms with van der Waals surface area (Å²) in [6.45, 7) is 0. The summed E-state index contributed by atoms with van der Waals surface area (Å²) in [6, 6.07) is 16.6. The number of nitrogens with one attached hydrogen (secondary N) is 2. The smallest absolute Gasteiger partial charge is 0.255 e. The number of carbonyl (C=O) groups excluding carboxylic acids is 2. The van der Waals surface area contributed by atoms with Gasteiger partial charge in [-0.05, 0) is 49.2 Å². The van der Waals surface area contributed by atoms with E-state index in [0.717, 1.165) is 23.7 Å². The molecule has 29 heavy (non-hydrogen) atoms. The second-order valence-electron chi connectivity index (χ2n) is 7.57. The number of carbonyl (C=O) groups is 2. The van der Waals surface area contributed by atoms with Crippen molar-refractivity contribution in [2.75, 3.05) is 5.32 Å². The summed E-state index contributed by atoms with van der Waals surface area (Å²) in [5.74, 6) is -0.291. The van der Waals surface area contributed by atoms with Crippen LogP contribution in [0, 0.1) is 0 Å². The number of rotatable bonds is 4. The highest BCUT2D eigenvalue weighted by Crippen LogP contribution is 2.21. The summed E-state index contributed by atoms with van der Waals surface area (Å²) in [4.78, 5) is 29.5. The van der Waals surface area contributed by atoms with Gasteiger partial charge in [0, 0.05) is 28.8 Å². The molecule has 0 bridgehead atoms. The highest BCUT2D eigenvalue weighted by molar-refractivity contribution is 6.08. The van der Waals surface area contributed by atoms with Gasteiger partial charge in [0.15, 0.2) is 0 Å². The predicted octanol–water partition coefficient (Wildman–Crippen LogP) is 4.94. The zero-order chi connectivity index (χ0) is 20.1. The molecule has 5 nitrogen and oxygen atoms in total. The van der Waals surface area contributed by atoms with Crippen LogP contribution in [0.1, 0.15) is 59.2 Å². The molecular formula is C24H25N3O2. The van der Waals surface area contributed by atoms with E-state index in [-0.39, 0.29) is 17.9 Å². The molecule has 1 heterocycles. The summed E-state index contributed by atoms with van der Waals surface area (Å²) in [5, 5.41) is 7.02. The number of aromatic nitrogens is 1. The zero-order valence-electron chi connectivity index (χ0n) is 16.4. The Labute approximate surface area is 170 Å². The molecule has 1 fully saturated rings. The first-order valence-electron chi connectivity index (χ1n) is 10.3. The molecule has 1 aromatic heterocycles. The normalized spacial score (nSPS) is 14.9. The SMILES string of the molecule is O=C(Nc1cccc2cccnc12)c1ccc(C(=O)NC2CCCCCC2)cc1. The number of hydrogen-bond donors (Lipinski definition) is 2. The van der Waals surface area contributed by atoms with Gasteiger partial charge >= 0.3 is 0 Å². The van der Waals surface area contributed by atoms with Crippen LogP contribution < -0.4 is 10.6 Å². The Bertz CT molecular complexity index is 1000. The summed E-state index contributed by atoms with van der Waals surface area (Å²) in [7, 11) is 0. The Hall–Kier alpha value is -3.21. The summed E-state index contributed by atoms with van der Waals surface area (Å²) in [6.07, 6.45) is 8.65. The monoisotopic (exact) mass is 387 g/mol. The van der Waals surface area contributed by atoms with Gasteiger partial charge in [0.25, 0.3) is 11.8 Å². The average molecular weight is 387 g/mol. The van der Waals surface area contributed by atoms with Gasteiger partial charge < -0.3 is 10.6 Å². The van der Waals surface area contributed by atoms with Gasteiger partial charge in [-0.3, -0.25) is 14.6 Å². The van der Waals surface area contributed by atoms with Crippen LogP contribution in [0.3, 0.4) is 0 Å². The third kappa shape index (κ3) is 4.62. The van der Waals surface area contributed by atoms with Crippen molar-refractivity contribution in [2.45, 2.75) is 44.6 Å². The molecular weight excluding hydrogens is 362 g/mol. The summed E-state index contributed by atoms with van der Waals surface area (Å²) < 4.78 is 0. The van der Waals surface area contributed by atoms with Gasteiger partial charge in [-0.25, -0.2) is 0 Å². The number of nitrogens with zero attached hydrogens (tertiary/aromatic N) is 1. The van der Waals surface area contributed by atoms with Crippen LogP contribution in [0.25, 0.3) is 10.9 Å². The van der Waals surface area contributed by atoms with E-state index in [1.807, 2.05) is 30.3 Å². The minimum Gasteiger partial charge on any atom is -0.349 e. The largest absolute Gasteiger partial charge is 0.349 e. The van der Waals surface area contributed by atoms with Gasteiger partial charge in [0.1, 0.15) is 0 Å². The lowest BCUT2D eigenvalue weighted by atomic mass is 10.1. The van der Waals surface area contributed by atoms with Crippen molar-refractivity contribution in [2.24, 2.45) is 0 Å². The Balaban J connectivity index is 1.43. The Morgan fingerprint density at radius 3 is 2.17 bits per heavy atom. The van der Waals surface area contributed by atoms with Crippen molar-refractivity contribution in [1.82, 2.24) is 10.3 Å². The molecule has 3 aromatic rings. The number of benzene rings is 2. The van der Waals surface area contributed by atoms with Crippen molar-refractivity contribution < 1.29 is 9.59 Å². The molecule has 2 amide bonds. The van der Waals surface area contributed by atoms with E-state index in [1.165, 1.54) is 25.7 Å². The van der Waals surface area contributed by atoms with E-state index in [1.54, 1.807) is 30.5 Å². The fourth-order valence-corrected chi connectivity index (χ4v) is 3.86. The molecule has 0 saturated heterocycles. The van der Waals surface area contributed by atoms with E-state index >= 15 is 0 Å². The van der Waals surface area contributed by atoms with Crippen LogP contribution >= 0.6 is 0 Å². The molecule has 0 unspecified atom stereocenters. The maximum atomic E-state index is 12.7. The molecule has 0 atom stereocenters. The van der Waals surface area contributed by atoms with Crippen LogP contribution in [0.4, 0.5) is 5.69 Å². The second-order valence-corrected chi connectivity index (χ2v) is 7.57. The molecule has 0 aliphatic heterocycles. The Morgan fingerprint density at radius 2 is 1.45 bits per heavy atom. The molecule has 1 aliphatic carbocycles. The molecule has 2 N–H and O–H groups in total. The molecule has 1 saturated carbocycles. The Morgan fingerprint density at radius 1 is 0.793 bits per heavy atom. The first-order chi connectivity index (χ1) is 14.2. The molecule has 1 aliphatic rings. The van der Waals surface area contributed by atoms with Crippen molar-refractivity contribution in [3.05, 3.63) is 71.9 Å². The van der Waals surface area contributed by atoms with Crippen LogP contribution in [-0.4, -0.2) is 22.8 Å². The van der Waals surface area contributed by atoms with Gasteiger partial charge in [-0.2, -0.15) is 0 Å². The van der Waals surface area contributed by atoms with Gasteiger partial charge in [0.05, 0.1) is 11.2 Å². The topological polar surface area (TPSA) is 71.1 Å². The standard InChI is InChI=1S/C24H25N3O2/c28-23(26-20-9-3-1-2-4-10-20)18-12-14-19(15-13-18)24(29)27-21-11-5-7-17-8-6-16-25-22(17)21/h5-8,11-16,20H,1-4,9-10H2,(H,26,28)(H,27,29). The number of fused-ring (bicyclic) bond motifs is 1. The van der Waals surface area contributed by atoms with Gasteiger partial charge in [-0.1, -0.05) is 43.9 Å². The fourth-order valence-electron chi connectivity index (χ4n) is 3.86. The summed E-state index contributed by atoms with van der Waals surface area (Å²) in [5.41, 5.74) is 2.51. The lowest BCUT2D eigenvalue weighted by Gasteiger charge is -2.16. The van der Waals surface area contributed by atoms with Crippen molar-refractivity contribution in [1.29, 1.82) is 0 Å². The van der Waals surface area contributed by atoms with E-state index < -0.39 is 0 Å². The lowest BCUT2D eigenvalue weighted by molar-refractivity contribution is 0.0932. The highest BCUT2D eigenvalue weighted by atomic mass is 16.2. The zero-order valence-corrected chi connectivity index (χ0v) is 16.4. The summed E-state index contributed by atoms with van der Waals surface area (Å²) >= 11 is 0. The number of para-hydroxylation sites is 1.